The van der Waals surface area contributed by atoms with Gasteiger partial charge in [0.1, 0.15) is 12.3 Å². The van der Waals surface area contributed by atoms with Gasteiger partial charge >= 0.3 is 0 Å². The summed E-state index contributed by atoms with van der Waals surface area (Å²) >= 11 is 6.74. The smallest absolute Gasteiger partial charge is 0.294 e. The van der Waals surface area contributed by atoms with Crippen molar-refractivity contribution < 1.29 is 23.9 Å². The molecule has 0 bridgehead atoms. The van der Waals surface area contributed by atoms with Crippen molar-refractivity contribution in [2.75, 3.05) is 26.2 Å². The number of imide groups is 1. The monoisotopic (exact) mass is 423 g/mol. The van der Waals surface area contributed by atoms with Crippen LogP contribution in [0, 0.1) is 0 Å². The van der Waals surface area contributed by atoms with E-state index < -0.39 is 17.1 Å². The first-order valence-corrected chi connectivity index (χ1v) is 9.78. The highest BCUT2D eigenvalue weighted by molar-refractivity contribution is 8.18. The maximum absolute atomic E-state index is 12.6. The van der Waals surface area contributed by atoms with Gasteiger partial charge in [-0.1, -0.05) is 11.6 Å². The Bertz CT molecular complexity index is 867. The van der Waals surface area contributed by atoms with Crippen LogP contribution in [-0.4, -0.2) is 59.0 Å². The largest absolute Gasteiger partial charge is 0.483 e. The lowest BCUT2D eigenvalue weighted by Crippen LogP contribution is -2.40. The van der Waals surface area contributed by atoms with E-state index in [9.17, 15) is 19.2 Å². The number of thioether (sulfide) groups is 1. The number of halogens is 1. The molecular weight excluding hydrogens is 406 g/mol. The normalized spacial score (nSPS) is 18.2. The lowest BCUT2D eigenvalue weighted by Gasteiger charge is -2.18. The molecule has 0 unspecified atom stereocenters. The predicted octanol–water partition coefficient (Wildman–Crippen LogP) is 1.86. The van der Waals surface area contributed by atoms with E-state index in [1.54, 1.807) is 17.0 Å². The molecule has 4 amide bonds. The fraction of sp³-hybridized carbons (Fsp3) is 0.333. The first-order chi connectivity index (χ1) is 13.3. The van der Waals surface area contributed by atoms with E-state index in [1.807, 2.05) is 0 Å². The highest BCUT2D eigenvalue weighted by Crippen LogP contribution is 2.34. The van der Waals surface area contributed by atoms with Gasteiger partial charge in [-0.25, -0.2) is 0 Å². The minimum Gasteiger partial charge on any atom is -0.483 e. The molecule has 28 heavy (non-hydrogen) atoms. The van der Waals surface area contributed by atoms with Gasteiger partial charge < -0.3 is 15.4 Å². The topological polar surface area (TPSA) is 110 Å². The van der Waals surface area contributed by atoms with Crippen LogP contribution in [0.1, 0.15) is 18.4 Å². The zero-order valence-electron chi connectivity index (χ0n) is 14.9. The molecule has 2 fully saturated rings. The van der Waals surface area contributed by atoms with Gasteiger partial charge in [-0.2, -0.15) is 0 Å². The van der Waals surface area contributed by atoms with Gasteiger partial charge in [-0.15, -0.1) is 0 Å². The molecule has 2 heterocycles. The number of primary amides is 1. The van der Waals surface area contributed by atoms with Gasteiger partial charge in [0.2, 0.25) is 5.91 Å². The van der Waals surface area contributed by atoms with Crippen molar-refractivity contribution in [1.29, 1.82) is 0 Å². The molecule has 148 valence electrons. The molecule has 2 aliphatic heterocycles. The first kappa shape index (κ1) is 20.2. The number of carbonyl (C=O) groups is 4. The molecule has 1 aromatic rings. The molecule has 2 saturated heterocycles. The maximum Gasteiger partial charge on any atom is 0.294 e. The molecule has 0 aliphatic carbocycles. The Kier molecular flexibility index (Phi) is 6.25. The summed E-state index contributed by atoms with van der Waals surface area (Å²) < 4.78 is 5.33. The van der Waals surface area contributed by atoms with E-state index in [0.717, 1.165) is 29.5 Å². The fourth-order valence-electron chi connectivity index (χ4n) is 2.89. The van der Waals surface area contributed by atoms with Crippen LogP contribution in [0.2, 0.25) is 5.02 Å². The minimum atomic E-state index is -0.651. The van der Waals surface area contributed by atoms with Crippen LogP contribution in [0.5, 0.6) is 5.75 Å². The van der Waals surface area contributed by atoms with Crippen molar-refractivity contribution in [3.05, 3.63) is 33.7 Å². The Hall–Kier alpha value is -2.52. The van der Waals surface area contributed by atoms with Crippen molar-refractivity contribution >= 4 is 52.4 Å². The Labute approximate surface area is 170 Å². The van der Waals surface area contributed by atoms with Gasteiger partial charge in [-0.3, -0.25) is 24.1 Å². The zero-order chi connectivity index (χ0) is 20.3. The third-order valence-electron chi connectivity index (χ3n) is 4.25. The summed E-state index contributed by atoms with van der Waals surface area (Å²) in [5.41, 5.74) is 5.51. The minimum absolute atomic E-state index is 0.144. The number of amides is 4. The molecule has 0 aromatic heterocycles. The summed E-state index contributed by atoms with van der Waals surface area (Å²) in [6, 6.07) is 4.65. The number of hydrogen-bond donors (Lipinski definition) is 1. The Balaban J connectivity index is 1.78. The van der Waals surface area contributed by atoms with Crippen LogP contribution in [-0.2, 0) is 14.4 Å². The van der Waals surface area contributed by atoms with Gasteiger partial charge in [0.05, 0.1) is 4.91 Å². The summed E-state index contributed by atoms with van der Waals surface area (Å²) in [6.07, 6.45) is 3.31. The standard InChI is InChI=1S/C18H18ClN3O5S/c19-12-3-4-13(27-10-15(20)23)11(7-12)8-14-17(25)22(18(26)28-14)9-16(24)21-5-1-2-6-21/h3-4,7-8H,1-2,5-6,9-10H2,(H2,20,23)/b14-8-. The number of rotatable bonds is 6. The van der Waals surface area contributed by atoms with Crippen LogP contribution < -0.4 is 10.5 Å². The quantitative estimate of drug-likeness (QED) is 0.699. The average molecular weight is 424 g/mol. The summed E-state index contributed by atoms with van der Waals surface area (Å²) in [5.74, 6) is -1.15. The molecule has 0 atom stereocenters. The molecule has 1 aromatic carbocycles. The molecule has 2 aliphatic rings. The van der Waals surface area contributed by atoms with Gasteiger partial charge in [0, 0.05) is 23.7 Å². The molecule has 8 nitrogen and oxygen atoms in total. The zero-order valence-corrected chi connectivity index (χ0v) is 16.4. The number of likely N-dealkylation sites (tertiary alicyclic amines) is 1. The molecule has 2 N–H and O–H groups in total. The number of nitrogens with zero attached hydrogens (tertiary/aromatic N) is 2. The van der Waals surface area contributed by atoms with Gasteiger partial charge in [0.15, 0.2) is 6.61 Å². The lowest BCUT2D eigenvalue weighted by molar-refractivity contribution is -0.135. The second-order valence-electron chi connectivity index (χ2n) is 6.29. The Morgan fingerprint density at radius 3 is 2.64 bits per heavy atom. The highest BCUT2D eigenvalue weighted by Gasteiger charge is 2.37. The van der Waals surface area contributed by atoms with Crippen LogP contribution in [0.3, 0.4) is 0 Å². The molecule has 0 spiro atoms. The average Bonchev–Trinajstić information content (AvgIpc) is 3.26. The third kappa shape index (κ3) is 4.66. The van der Waals surface area contributed by atoms with E-state index in [1.165, 1.54) is 12.1 Å². The molecule has 10 heteroatoms. The summed E-state index contributed by atoms with van der Waals surface area (Å²) in [7, 11) is 0. The van der Waals surface area contributed by atoms with Crippen LogP contribution >= 0.6 is 23.4 Å². The van der Waals surface area contributed by atoms with E-state index in [4.69, 9.17) is 22.1 Å². The molecule has 0 saturated carbocycles. The van der Waals surface area contributed by atoms with E-state index in [-0.39, 0.29) is 24.0 Å². The van der Waals surface area contributed by atoms with E-state index in [2.05, 4.69) is 0 Å². The Morgan fingerprint density at radius 2 is 1.96 bits per heavy atom. The van der Waals surface area contributed by atoms with E-state index in [0.29, 0.717) is 29.4 Å². The summed E-state index contributed by atoms with van der Waals surface area (Å²) in [5, 5.41) is -0.119. The van der Waals surface area contributed by atoms with Crippen molar-refractivity contribution in [2.24, 2.45) is 5.73 Å². The van der Waals surface area contributed by atoms with Crippen molar-refractivity contribution in [3.8, 4) is 5.75 Å². The maximum atomic E-state index is 12.6. The second kappa shape index (κ2) is 8.66. The number of carbonyl (C=O) groups excluding carboxylic acids is 4. The van der Waals surface area contributed by atoms with Gasteiger partial charge in [-0.05, 0) is 48.9 Å². The number of ether oxygens (including phenoxy) is 1. The number of nitrogens with two attached hydrogens (primary N) is 1. The van der Waals surface area contributed by atoms with Crippen LogP contribution in [0.25, 0.3) is 6.08 Å². The summed E-state index contributed by atoms with van der Waals surface area (Å²) in [6.45, 7) is 0.679. The Morgan fingerprint density at radius 1 is 1.25 bits per heavy atom. The van der Waals surface area contributed by atoms with Crippen molar-refractivity contribution in [2.45, 2.75) is 12.8 Å². The third-order valence-corrected chi connectivity index (χ3v) is 5.40. The van der Waals surface area contributed by atoms with Crippen molar-refractivity contribution in [3.63, 3.8) is 0 Å². The summed E-state index contributed by atoms with van der Waals surface area (Å²) in [4.78, 5) is 50.8. The fourth-order valence-corrected chi connectivity index (χ4v) is 3.90. The molecule has 0 radical (unpaired) electrons. The second-order valence-corrected chi connectivity index (χ2v) is 7.72. The number of benzene rings is 1. The number of hydrogen-bond acceptors (Lipinski definition) is 6. The van der Waals surface area contributed by atoms with E-state index >= 15 is 0 Å². The first-order valence-electron chi connectivity index (χ1n) is 8.59. The SMILES string of the molecule is NC(=O)COc1ccc(Cl)cc1/C=C1\SC(=O)N(CC(=O)N2CCCC2)C1=O. The predicted molar refractivity (Wildman–Crippen MR) is 105 cm³/mol. The lowest BCUT2D eigenvalue weighted by atomic mass is 10.2. The van der Waals surface area contributed by atoms with Crippen LogP contribution in [0.15, 0.2) is 23.1 Å². The molecule has 3 rings (SSSR count). The van der Waals surface area contributed by atoms with Crippen LogP contribution in [0.4, 0.5) is 4.79 Å². The van der Waals surface area contributed by atoms with Crippen molar-refractivity contribution in [1.82, 2.24) is 9.80 Å². The highest BCUT2D eigenvalue weighted by atomic mass is 35.5. The van der Waals surface area contributed by atoms with Gasteiger partial charge in [0.25, 0.3) is 17.1 Å². The molecular formula is C18H18ClN3O5S.